The molecule has 3 fully saturated rings. The van der Waals surface area contributed by atoms with Gasteiger partial charge in [0.1, 0.15) is 42.6 Å². The number of hydrogen-bond donors (Lipinski definition) is 7. The van der Waals surface area contributed by atoms with E-state index in [0.29, 0.717) is 81.1 Å². The summed E-state index contributed by atoms with van der Waals surface area (Å²) in [4.78, 5) is 136. The van der Waals surface area contributed by atoms with Crippen molar-refractivity contribution in [2.75, 3.05) is 26.2 Å². The van der Waals surface area contributed by atoms with Crippen LogP contribution in [0.15, 0.2) is 189 Å². The third-order valence-corrected chi connectivity index (χ3v) is 19.5. The highest BCUT2D eigenvalue weighted by Crippen LogP contribution is 2.28. The third-order valence-electron chi connectivity index (χ3n) is 19.2. The minimum atomic E-state index is -0.608. The first-order valence-corrected chi connectivity index (χ1v) is 39.8. The largest absolute Gasteiger partial charge is 0.445 e. The maximum absolute atomic E-state index is 12.9. The van der Waals surface area contributed by atoms with E-state index in [2.05, 4.69) is 46.5 Å². The number of benzene rings is 3. The topological polar surface area (TPSA) is 362 Å². The minimum Gasteiger partial charge on any atom is -0.445 e. The fourth-order valence-electron chi connectivity index (χ4n) is 12.7. The molecular weight excluding hydrogens is 1450 g/mol. The number of aromatic nitrogens is 4. The van der Waals surface area contributed by atoms with Crippen LogP contribution in [0.1, 0.15) is 227 Å². The van der Waals surface area contributed by atoms with Gasteiger partial charge in [0.15, 0.2) is 11.6 Å². The smallest absolute Gasteiger partial charge is 0.407 e. The molecule has 24 nitrogen and oxygen atoms in total. The summed E-state index contributed by atoms with van der Waals surface area (Å²) in [6, 6.07) is 47.8. The van der Waals surface area contributed by atoms with Gasteiger partial charge in [-0.1, -0.05) is 175 Å². The fourth-order valence-corrected chi connectivity index (χ4v) is 12.9. The zero-order chi connectivity index (χ0) is 80.2. The average Bonchev–Trinajstić information content (AvgIpc) is 1.22. The molecule has 3 saturated carbocycles. The van der Waals surface area contributed by atoms with E-state index in [1.807, 2.05) is 104 Å². The maximum Gasteiger partial charge on any atom is 0.407 e. The molecule has 9 N–H and O–H groups in total. The van der Waals surface area contributed by atoms with Gasteiger partial charge in [0.05, 0.1) is 18.1 Å². The van der Waals surface area contributed by atoms with Crippen molar-refractivity contribution in [3.8, 4) is 0 Å². The molecule has 3 aromatic carbocycles. The van der Waals surface area contributed by atoms with E-state index in [0.717, 1.165) is 126 Å². The minimum absolute atomic E-state index is 0. The molecule has 4 heterocycles. The Hall–Kier alpha value is -10.4. The number of hydrogen-bond acceptors (Lipinski definition) is 19. The Morgan fingerprint density at radius 2 is 0.690 bits per heavy atom. The van der Waals surface area contributed by atoms with Crippen molar-refractivity contribution in [1.29, 1.82) is 0 Å². The van der Waals surface area contributed by atoms with E-state index in [-0.39, 0.29) is 91.1 Å². The molecule has 0 aliphatic heterocycles. The number of ketones is 4. The Labute approximate surface area is 671 Å². The summed E-state index contributed by atoms with van der Waals surface area (Å²) < 4.78 is 15.4. The van der Waals surface area contributed by atoms with E-state index in [4.69, 9.17) is 37.3 Å². The normalized spacial score (nSPS) is 13.9. The van der Waals surface area contributed by atoms with E-state index < -0.39 is 36.4 Å². The quantitative estimate of drug-likeness (QED) is 0.00818. The van der Waals surface area contributed by atoms with Gasteiger partial charge in [-0.3, -0.25) is 53.5 Å². The van der Waals surface area contributed by atoms with Gasteiger partial charge in [0, 0.05) is 68.1 Å². The number of alkyl carbamates (subject to hydrolysis) is 3. The monoisotopic (exact) mass is 1570 g/mol. The second-order valence-corrected chi connectivity index (χ2v) is 28.3. The zero-order valence-electron chi connectivity index (χ0n) is 64.5. The molecule has 0 radical (unpaired) electrons. The van der Waals surface area contributed by atoms with Crippen LogP contribution >= 0.6 is 11.6 Å². The zero-order valence-corrected chi connectivity index (χ0v) is 65.2. The molecule has 10 rings (SSSR count). The van der Waals surface area contributed by atoms with Gasteiger partial charge < -0.3 is 52.3 Å². The van der Waals surface area contributed by atoms with Crippen LogP contribution in [0.2, 0.25) is 0 Å². The lowest BCUT2D eigenvalue weighted by atomic mass is 9.97. The van der Waals surface area contributed by atoms with Gasteiger partial charge in [0.2, 0.25) is 28.6 Å². The summed E-state index contributed by atoms with van der Waals surface area (Å²) in [5.74, 6) is -0.220. The Morgan fingerprint density at radius 1 is 0.389 bits per heavy atom. The molecule has 3 aliphatic carbocycles. The molecule has 0 unspecified atom stereocenters. The van der Waals surface area contributed by atoms with E-state index >= 15 is 0 Å². The first-order chi connectivity index (χ1) is 54.5. The standard InChI is InChI=1S/C25H31N3O4.C20H24N2O3.C19H23N3O3.C17H25N3O2.C6H9ClO.CH4/c29-23(21-14-6-8-16-26-21)22(28-24(30)20-12-4-5-13-20)15-7-9-17-27-25(31)32-18-19-10-2-1-3-11-19;1-16(19(23)18-12-6-8-13-21-18)9-5-7-14-22-20(24)25-15-17-10-3-2-4-11-17;20-16(18(23)17-11-5-7-12-21-17)10-4-6-13-22-19(24)25-14-15-8-2-1-3-9-15;18-11-5-3-10-15(16(21)14-9-4-6-12-19-14)20-17(22)13-7-1-2-8-13;7-6(8)5-3-1-2-4-5;/h1-3,6,8,10-11,14,16,20,22H,4-5,7,9,12-13,15,17-18H2,(H,27,31)(H,28,30);2-4,6,8,10-13,16H,5,7,9,14-15H2,1H3,(H,22,24);1-3,5,7-9,11-12,16H,4,6,10,13-14,20H2,(H,22,24);4,6,9,12-13,15H,1-3,5,7-8,10-11,18H2,(H,20,22);5H,1-4H2;1H4/t22-;2*16-;15-;;/m0000../s1. The number of halogens is 1. The molecule has 25 heteroatoms. The highest BCUT2D eigenvalue weighted by molar-refractivity contribution is 6.64. The molecular formula is C88H116ClN11O13. The van der Waals surface area contributed by atoms with Gasteiger partial charge in [-0.2, -0.15) is 0 Å². The Morgan fingerprint density at radius 3 is 1.01 bits per heavy atom. The van der Waals surface area contributed by atoms with Crippen molar-refractivity contribution >= 4 is 70.1 Å². The second-order valence-electron chi connectivity index (χ2n) is 27.9. The van der Waals surface area contributed by atoms with E-state index in [1.54, 1.807) is 91.5 Å². The number of ether oxygens (including phenoxy) is 3. The average molecular weight is 1570 g/mol. The third kappa shape index (κ3) is 38.1. The molecule has 4 atom stereocenters. The number of nitrogens with two attached hydrogens (primary N) is 2. The molecule has 0 saturated heterocycles. The Balaban J connectivity index is 0.000000261. The van der Waals surface area contributed by atoms with Gasteiger partial charge in [-0.05, 0) is 193 Å². The lowest BCUT2D eigenvalue weighted by Crippen LogP contribution is -2.43. The van der Waals surface area contributed by atoms with Gasteiger partial charge in [-0.15, -0.1) is 0 Å². The number of carbonyl (C=O) groups is 10. The second kappa shape index (κ2) is 55.9. The summed E-state index contributed by atoms with van der Waals surface area (Å²) in [7, 11) is 0. The molecule has 608 valence electrons. The van der Waals surface area contributed by atoms with Crippen molar-refractivity contribution in [1.82, 2.24) is 46.5 Å². The van der Waals surface area contributed by atoms with Crippen LogP contribution in [-0.4, -0.2) is 123 Å². The van der Waals surface area contributed by atoms with Gasteiger partial charge >= 0.3 is 18.3 Å². The number of rotatable bonds is 38. The number of amides is 5. The molecule has 0 bridgehead atoms. The predicted molar refractivity (Wildman–Crippen MR) is 437 cm³/mol. The molecule has 113 heavy (non-hydrogen) atoms. The fraction of sp³-hybridized carbons (Fsp3) is 0.455. The summed E-state index contributed by atoms with van der Waals surface area (Å²) in [5, 5.41) is 13.9. The number of unbranched alkanes of at least 4 members (excludes halogenated alkanes) is 4. The molecule has 3 aliphatic rings. The molecule has 4 aromatic heterocycles. The van der Waals surface area contributed by atoms with Crippen LogP contribution < -0.4 is 38.1 Å². The summed E-state index contributed by atoms with van der Waals surface area (Å²) in [6.07, 6.45) is 26.0. The van der Waals surface area contributed by atoms with E-state index in [9.17, 15) is 47.9 Å². The molecule has 0 spiro atoms. The number of nitrogens with zero attached hydrogens (tertiary/aromatic N) is 4. The Bertz CT molecular complexity index is 3750. The van der Waals surface area contributed by atoms with Gasteiger partial charge in [-0.25, -0.2) is 14.4 Å². The summed E-state index contributed by atoms with van der Waals surface area (Å²) in [5.41, 5.74) is 15.9. The van der Waals surface area contributed by atoms with Crippen LogP contribution in [0.25, 0.3) is 0 Å². The number of pyridine rings is 4. The van der Waals surface area contributed by atoms with Crippen LogP contribution in [0.4, 0.5) is 14.4 Å². The summed E-state index contributed by atoms with van der Waals surface area (Å²) in [6.45, 7) is 4.71. The maximum atomic E-state index is 12.9. The van der Waals surface area contributed by atoms with Crippen molar-refractivity contribution < 1.29 is 62.2 Å². The van der Waals surface area contributed by atoms with Crippen molar-refractivity contribution in [3.63, 3.8) is 0 Å². The highest BCUT2D eigenvalue weighted by Gasteiger charge is 2.31. The summed E-state index contributed by atoms with van der Waals surface area (Å²) >= 11 is 5.25. The van der Waals surface area contributed by atoms with Crippen LogP contribution in [-0.2, 0) is 48.4 Å². The molecule has 7 aromatic rings. The SMILES string of the molecule is C.C[C@@H](CCCCNC(=O)OCc1ccccc1)C(=O)c1ccccn1.NCCCC[C@H](NC(=O)C1CCCC1)C(=O)c1ccccn1.N[C@@H](CCCCNC(=O)OCc1ccccc1)C(=O)c1ccccn1.O=C(Cl)C1CCCC1.O=C(NCCCC[C@H](NC(=O)C1CCCC1)C(=O)c1ccccn1)OCc1ccccc1. The number of Topliss-reactive ketones (excluding diaryl/α,β-unsaturated/α-hetero) is 4. The van der Waals surface area contributed by atoms with Crippen molar-refractivity contribution in [3.05, 3.63) is 228 Å². The molecule has 5 amide bonds. The van der Waals surface area contributed by atoms with Crippen molar-refractivity contribution in [2.24, 2.45) is 35.1 Å². The lowest BCUT2D eigenvalue weighted by Gasteiger charge is -2.20. The predicted octanol–water partition coefficient (Wildman–Crippen LogP) is 15.4. The lowest BCUT2D eigenvalue weighted by molar-refractivity contribution is -0.126. The number of carbonyl (C=O) groups excluding carboxylic acids is 10. The first kappa shape index (κ1) is 93.2. The van der Waals surface area contributed by atoms with Crippen LogP contribution in [0.3, 0.4) is 0 Å². The van der Waals surface area contributed by atoms with Crippen LogP contribution in [0, 0.1) is 23.7 Å². The van der Waals surface area contributed by atoms with Crippen molar-refractivity contribution in [2.45, 2.75) is 206 Å². The Kier molecular flexibility index (Phi) is 46.1. The van der Waals surface area contributed by atoms with E-state index in [1.165, 1.54) is 12.8 Å². The number of nitrogens with one attached hydrogen (secondary N) is 5. The highest BCUT2D eigenvalue weighted by atomic mass is 35.5. The van der Waals surface area contributed by atoms with Crippen LogP contribution in [0.5, 0.6) is 0 Å². The van der Waals surface area contributed by atoms with Gasteiger partial charge in [0.25, 0.3) is 0 Å². The first-order valence-electron chi connectivity index (χ1n) is 39.4.